The number of fused-ring (bicyclic) bond motifs is 1. The van der Waals surface area contributed by atoms with E-state index in [0.29, 0.717) is 18.0 Å². The van der Waals surface area contributed by atoms with E-state index in [1.165, 1.54) is 37.8 Å². The standard InChI is InChI=1S/C21H27FN6/c1-3-17-14-27(2)19-13-23-21(25-20(19)28(17)18-6-4-5-7-18)26-24-12-15-8-10-16(22)11-9-15/h8-13,17-18H,3-7,14H2,1-2H3,(H,23,25,26)/b24-12+. The number of nitrogens with zero attached hydrogens (tertiary/aromatic N) is 5. The number of nitrogens with one attached hydrogen (secondary N) is 1. The SMILES string of the molecule is CCC1CN(C)c2cnc(N/N=C/c3ccc(F)cc3)nc2N1C1CCCC1. The maximum atomic E-state index is 13.0. The zero-order valence-electron chi connectivity index (χ0n) is 16.5. The first-order valence-corrected chi connectivity index (χ1v) is 10.1. The van der Waals surface area contributed by atoms with E-state index in [1.54, 1.807) is 18.3 Å². The molecule has 1 unspecified atom stereocenters. The summed E-state index contributed by atoms with van der Waals surface area (Å²) in [4.78, 5) is 14.0. The number of rotatable bonds is 5. The lowest BCUT2D eigenvalue weighted by Crippen LogP contribution is -2.52. The molecule has 1 N–H and O–H groups in total. The predicted octanol–water partition coefficient (Wildman–Crippen LogP) is 4.04. The second-order valence-electron chi connectivity index (χ2n) is 7.61. The van der Waals surface area contributed by atoms with Gasteiger partial charge in [-0.05, 0) is 37.0 Å². The summed E-state index contributed by atoms with van der Waals surface area (Å²) < 4.78 is 13.0. The Kier molecular flexibility index (Phi) is 5.41. The number of hydrazone groups is 1. The maximum Gasteiger partial charge on any atom is 0.245 e. The Labute approximate surface area is 165 Å². The summed E-state index contributed by atoms with van der Waals surface area (Å²) in [6.07, 6.45) is 9.66. The van der Waals surface area contributed by atoms with Crippen molar-refractivity contribution in [3.8, 4) is 0 Å². The molecule has 4 rings (SSSR count). The molecule has 1 aromatic heterocycles. The zero-order chi connectivity index (χ0) is 19.5. The highest BCUT2D eigenvalue weighted by atomic mass is 19.1. The molecule has 148 valence electrons. The molecular formula is C21H27FN6. The molecule has 0 spiro atoms. The van der Waals surface area contributed by atoms with Crippen molar-refractivity contribution in [3.05, 3.63) is 41.8 Å². The van der Waals surface area contributed by atoms with Gasteiger partial charge in [-0.1, -0.05) is 31.9 Å². The van der Waals surface area contributed by atoms with Crippen molar-refractivity contribution in [3.63, 3.8) is 0 Å². The monoisotopic (exact) mass is 382 g/mol. The van der Waals surface area contributed by atoms with E-state index < -0.39 is 0 Å². The van der Waals surface area contributed by atoms with Gasteiger partial charge < -0.3 is 9.80 Å². The third-order valence-corrected chi connectivity index (χ3v) is 5.72. The van der Waals surface area contributed by atoms with Crippen LogP contribution in [0.2, 0.25) is 0 Å². The highest BCUT2D eigenvalue weighted by Gasteiger charge is 2.35. The molecule has 0 saturated heterocycles. The van der Waals surface area contributed by atoms with Crippen LogP contribution in [-0.2, 0) is 0 Å². The zero-order valence-corrected chi connectivity index (χ0v) is 16.5. The summed E-state index contributed by atoms with van der Waals surface area (Å²) in [7, 11) is 2.11. The number of halogens is 1. The highest BCUT2D eigenvalue weighted by molar-refractivity contribution is 5.80. The van der Waals surface area contributed by atoms with Crippen molar-refractivity contribution < 1.29 is 4.39 Å². The van der Waals surface area contributed by atoms with Crippen molar-refractivity contribution in [1.82, 2.24) is 9.97 Å². The number of hydrogen-bond acceptors (Lipinski definition) is 6. The molecule has 1 aromatic carbocycles. The van der Waals surface area contributed by atoms with E-state index >= 15 is 0 Å². The van der Waals surface area contributed by atoms with Crippen LogP contribution < -0.4 is 15.2 Å². The quantitative estimate of drug-likeness (QED) is 0.625. The van der Waals surface area contributed by atoms with Crippen LogP contribution in [0.15, 0.2) is 35.6 Å². The minimum absolute atomic E-state index is 0.260. The van der Waals surface area contributed by atoms with Gasteiger partial charge in [0.2, 0.25) is 5.95 Å². The van der Waals surface area contributed by atoms with Gasteiger partial charge in [-0.2, -0.15) is 10.1 Å². The maximum absolute atomic E-state index is 13.0. The number of hydrogen-bond donors (Lipinski definition) is 1. The highest BCUT2D eigenvalue weighted by Crippen LogP contribution is 2.39. The first kappa shape index (κ1) is 18.7. The second-order valence-corrected chi connectivity index (χ2v) is 7.61. The van der Waals surface area contributed by atoms with Crippen LogP contribution in [0.25, 0.3) is 0 Å². The minimum Gasteiger partial charge on any atom is -0.368 e. The molecule has 28 heavy (non-hydrogen) atoms. The first-order valence-electron chi connectivity index (χ1n) is 10.1. The van der Waals surface area contributed by atoms with Crippen LogP contribution in [0.4, 0.5) is 21.8 Å². The molecular weight excluding hydrogens is 355 g/mol. The predicted molar refractivity (Wildman–Crippen MR) is 112 cm³/mol. The van der Waals surface area contributed by atoms with Crippen molar-refractivity contribution in [2.24, 2.45) is 5.10 Å². The lowest BCUT2D eigenvalue weighted by atomic mass is 10.0. The molecule has 0 radical (unpaired) electrons. The largest absolute Gasteiger partial charge is 0.368 e. The summed E-state index contributed by atoms with van der Waals surface area (Å²) >= 11 is 0. The number of likely N-dealkylation sites (N-methyl/N-ethyl adjacent to an activating group) is 1. The number of anilines is 3. The Morgan fingerprint density at radius 3 is 2.71 bits per heavy atom. The van der Waals surface area contributed by atoms with Gasteiger partial charge in [0.15, 0.2) is 5.82 Å². The van der Waals surface area contributed by atoms with E-state index in [9.17, 15) is 4.39 Å². The van der Waals surface area contributed by atoms with Crippen LogP contribution >= 0.6 is 0 Å². The Balaban J connectivity index is 1.57. The fraction of sp³-hybridized carbons (Fsp3) is 0.476. The van der Waals surface area contributed by atoms with Gasteiger partial charge in [-0.25, -0.2) is 14.8 Å². The van der Waals surface area contributed by atoms with Crippen LogP contribution in [-0.4, -0.2) is 41.9 Å². The molecule has 2 heterocycles. The second kappa shape index (κ2) is 8.12. The van der Waals surface area contributed by atoms with E-state index in [1.807, 2.05) is 6.20 Å². The molecule has 0 bridgehead atoms. The average Bonchev–Trinajstić information content (AvgIpc) is 3.23. The summed E-state index contributed by atoms with van der Waals surface area (Å²) in [6.45, 7) is 3.25. The fourth-order valence-electron chi connectivity index (χ4n) is 4.25. The Morgan fingerprint density at radius 2 is 2.00 bits per heavy atom. The van der Waals surface area contributed by atoms with Crippen molar-refractivity contribution >= 4 is 23.7 Å². The molecule has 6 nitrogen and oxygen atoms in total. The van der Waals surface area contributed by atoms with Crippen LogP contribution in [0, 0.1) is 5.82 Å². The summed E-state index contributed by atoms with van der Waals surface area (Å²) in [5, 5.41) is 4.22. The number of benzene rings is 1. The van der Waals surface area contributed by atoms with Crippen LogP contribution in [0.5, 0.6) is 0 Å². The Morgan fingerprint density at radius 1 is 1.25 bits per heavy atom. The third-order valence-electron chi connectivity index (χ3n) is 5.72. The smallest absolute Gasteiger partial charge is 0.245 e. The molecule has 1 aliphatic carbocycles. The number of aromatic nitrogens is 2. The summed E-state index contributed by atoms with van der Waals surface area (Å²) in [5.41, 5.74) is 4.81. The molecule has 1 fully saturated rings. The third kappa shape index (κ3) is 3.79. The van der Waals surface area contributed by atoms with E-state index in [4.69, 9.17) is 4.98 Å². The molecule has 0 amide bonds. The molecule has 2 aromatic rings. The van der Waals surface area contributed by atoms with Gasteiger partial charge >= 0.3 is 0 Å². The van der Waals surface area contributed by atoms with Gasteiger partial charge in [0.25, 0.3) is 0 Å². The van der Waals surface area contributed by atoms with E-state index in [0.717, 1.165) is 30.0 Å². The van der Waals surface area contributed by atoms with E-state index in [-0.39, 0.29) is 5.82 Å². The fourth-order valence-corrected chi connectivity index (χ4v) is 4.25. The molecule has 2 aliphatic rings. The average molecular weight is 382 g/mol. The lowest BCUT2D eigenvalue weighted by molar-refractivity contribution is 0.476. The van der Waals surface area contributed by atoms with Gasteiger partial charge in [0.1, 0.15) is 5.82 Å². The van der Waals surface area contributed by atoms with Crippen LogP contribution in [0.3, 0.4) is 0 Å². The molecule has 1 atom stereocenters. The van der Waals surface area contributed by atoms with Gasteiger partial charge in [0, 0.05) is 25.7 Å². The lowest BCUT2D eigenvalue weighted by Gasteiger charge is -2.45. The van der Waals surface area contributed by atoms with Crippen molar-refractivity contribution in [2.75, 3.05) is 28.8 Å². The summed E-state index contributed by atoms with van der Waals surface area (Å²) in [6, 6.07) is 7.20. The Hall–Kier alpha value is -2.70. The molecule has 7 heteroatoms. The topological polar surface area (TPSA) is 56.7 Å². The van der Waals surface area contributed by atoms with Gasteiger partial charge in [-0.3, -0.25) is 0 Å². The van der Waals surface area contributed by atoms with Crippen molar-refractivity contribution in [2.45, 2.75) is 51.1 Å². The van der Waals surface area contributed by atoms with Crippen LogP contribution in [0.1, 0.15) is 44.6 Å². The van der Waals surface area contributed by atoms with Crippen molar-refractivity contribution in [1.29, 1.82) is 0 Å². The Bertz CT molecular complexity index is 831. The first-order chi connectivity index (χ1) is 13.7. The molecule has 1 aliphatic heterocycles. The molecule has 1 saturated carbocycles. The minimum atomic E-state index is -0.260. The summed E-state index contributed by atoms with van der Waals surface area (Å²) in [5.74, 6) is 1.22. The van der Waals surface area contributed by atoms with Gasteiger partial charge in [-0.15, -0.1) is 0 Å². The normalized spacial score (nSPS) is 20.0. The van der Waals surface area contributed by atoms with Gasteiger partial charge in [0.05, 0.1) is 18.1 Å². The van der Waals surface area contributed by atoms with E-state index in [2.05, 4.69) is 39.3 Å².